The normalized spacial score (nSPS) is 24.5. The summed E-state index contributed by atoms with van der Waals surface area (Å²) in [5, 5.41) is 4.38. The topological polar surface area (TPSA) is 24.3 Å². The van der Waals surface area contributed by atoms with Crippen LogP contribution in [0.4, 0.5) is 0 Å². The van der Waals surface area contributed by atoms with Gasteiger partial charge in [-0.05, 0) is 36.3 Å². The lowest BCUT2D eigenvalue weighted by molar-refractivity contribution is 0.252. The number of aromatic nitrogens is 2. The number of rotatable bonds is 6. The van der Waals surface area contributed by atoms with E-state index >= 15 is 0 Å². The van der Waals surface area contributed by atoms with Crippen LogP contribution < -0.4 is 0 Å². The molecule has 0 spiro atoms. The molecule has 2 saturated heterocycles. The van der Waals surface area contributed by atoms with Crippen molar-refractivity contribution < 1.29 is 0 Å². The molecule has 2 atom stereocenters. The first-order valence-corrected chi connectivity index (χ1v) is 9.30. The molecule has 128 valence electrons. The first-order valence-electron chi connectivity index (χ1n) is 9.30. The highest BCUT2D eigenvalue weighted by molar-refractivity contribution is 5.15. The van der Waals surface area contributed by atoms with Crippen LogP contribution in [-0.4, -0.2) is 52.3 Å². The summed E-state index contributed by atoms with van der Waals surface area (Å²) in [5.74, 6) is 1.74. The number of likely N-dealkylation sites (tertiary alicyclic amines) is 2. The van der Waals surface area contributed by atoms with Crippen LogP contribution in [0.2, 0.25) is 0 Å². The van der Waals surface area contributed by atoms with Crippen LogP contribution in [0.1, 0.15) is 18.1 Å². The molecule has 4 rings (SSSR count). The van der Waals surface area contributed by atoms with E-state index in [1.807, 2.05) is 10.9 Å². The van der Waals surface area contributed by atoms with Crippen LogP contribution in [0.15, 0.2) is 42.7 Å². The number of hydrogen-bond donors (Lipinski definition) is 0. The number of benzene rings is 1. The third-order valence-electron chi connectivity index (χ3n) is 5.61. The number of nitrogens with zero attached hydrogens (tertiary/aromatic N) is 4. The van der Waals surface area contributed by atoms with Gasteiger partial charge < -0.3 is 4.90 Å². The maximum absolute atomic E-state index is 4.38. The first-order chi connectivity index (χ1) is 11.8. The van der Waals surface area contributed by atoms with Gasteiger partial charge in [0.05, 0.1) is 6.20 Å². The highest BCUT2D eigenvalue weighted by Crippen LogP contribution is 2.31. The fourth-order valence-electron chi connectivity index (χ4n) is 4.34. The predicted molar refractivity (Wildman–Crippen MR) is 96.7 cm³/mol. The highest BCUT2D eigenvalue weighted by atomic mass is 15.3. The zero-order valence-corrected chi connectivity index (χ0v) is 14.6. The van der Waals surface area contributed by atoms with Gasteiger partial charge in [0.1, 0.15) is 0 Å². The Morgan fingerprint density at radius 3 is 2.33 bits per heavy atom. The molecule has 0 saturated carbocycles. The minimum absolute atomic E-state index is 0.868. The van der Waals surface area contributed by atoms with Crippen LogP contribution >= 0.6 is 0 Å². The van der Waals surface area contributed by atoms with Crippen LogP contribution in [0.3, 0.4) is 0 Å². The molecule has 0 aliphatic carbocycles. The van der Waals surface area contributed by atoms with Gasteiger partial charge in [0.15, 0.2) is 0 Å². The molecule has 2 fully saturated rings. The van der Waals surface area contributed by atoms with Crippen molar-refractivity contribution in [3.8, 4) is 0 Å². The van der Waals surface area contributed by atoms with Crippen molar-refractivity contribution in [1.82, 2.24) is 19.6 Å². The third kappa shape index (κ3) is 3.55. The molecule has 24 heavy (non-hydrogen) atoms. The summed E-state index contributed by atoms with van der Waals surface area (Å²) in [7, 11) is 0. The molecule has 1 aromatic heterocycles. The Morgan fingerprint density at radius 1 is 0.958 bits per heavy atom. The molecular weight excluding hydrogens is 296 g/mol. The molecule has 2 aromatic rings. The second-order valence-corrected chi connectivity index (χ2v) is 7.41. The van der Waals surface area contributed by atoms with Gasteiger partial charge in [-0.3, -0.25) is 9.58 Å². The lowest BCUT2D eigenvalue weighted by Crippen LogP contribution is -2.30. The summed E-state index contributed by atoms with van der Waals surface area (Å²) in [6, 6.07) is 10.9. The summed E-state index contributed by atoms with van der Waals surface area (Å²) in [6.45, 7) is 10.5. The maximum atomic E-state index is 4.38. The second kappa shape index (κ2) is 7.08. The van der Waals surface area contributed by atoms with Gasteiger partial charge in [-0.2, -0.15) is 5.10 Å². The Balaban J connectivity index is 1.24. The smallest absolute Gasteiger partial charge is 0.0522 e. The Morgan fingerprint density at radius 2 is 1.67 bits per heavy atom. The molecule has 0 N–H and O–H groups in total. The minimum Gasteiger partial charge on any atom is -0.302 e. The summed E-state index contributed by atoms with van der Waals surface area (Å²) < 4.78 is 2.02. The van der Waals surface area contributed by atoms with Crippen molar-refractivity contribution in [2.45, 2.75) is 26.4 Å². The molecule has 2 aliphatic rings. The number of fused-ring (bicyclic) bond motifs is 1. The molecule has 4 nitrogen and oxygen atoms in total. The SMILES string of the molecule is CCn1cc(CCN2C[C@@H]3CN(Cc4ccccc4)C[C@@H]3C2)cn1. The van der Waals surface area contributed by atoms with E-state index in [-0.39, 0.29) is 0 Å². The minimum atomic E-state index is 0.868. The van der Waals surface area contributed by atoms with Gasteiger partial charge in [-0.25, -0.2) is 0 Å². The second-order valence-electron chi connectivity index (χ2n) is 7.41. The average molecular weight is 324 g/mol. The Bertz CT molecular complexity index is 637. The Kier molecular flexibility index (Phi) is 4.67. The zero-order valence-electron chi connectivity index (χ0n) is 14.6. The molecule has 1 aromatic carbocycles. The third-order valence-corrected chi connectivity index (χ3v) is 5.61. The molecule has 0 bridgehead atoms. The quantitative estimate of drug-likeness (QED) is 0.816. The largest absolute Gasteiger partial charge is 0.302 e. The number of hydrogen-bond acceptors (Lipinski definition) is 3. The van der Waals surface area contributed by atoms with Crippen molar-refractivity contribution in [1.29, 1.82) is 0 Å². The Labute approximate surface area is 145 Å². The summed E-state index contributed by atoms with van der Waals surface area (Å²) >= 11 is 0. The lowest BCUT2D eigenvalue weighted by atomic mass is 10.0. The van der Waals surface area contributed by atoms with E-state index < -0.39 is 0 Å². The average Bonchev–Trinajstić information content (AvgIpc) is 3.28. The van der Waals surface area contributed by atoms with Crippen molar-refractivity contribution in [2.75, 3.05) is 32.7 Å². The molecule has 2 aliphatic heterocycles. The lowest BCUT2D eigenvalue weighted by Gasteiger charge is -2.21. The van der Waals surface area contributed by atoms with E-state index in [4.69, 9.17) is 0 Å². The molecule has 3 heterocycles. The van der Waals surface area contributed by atoms with Crippen molar-refractivity contribution in [2.24, 2.45) is 11.8 Å². The van der Waals surface area contributed by atoms with Crippen molar-refractivity contribution in [3.05, 3.63) is 53.9 Å². The predicted octanol–water partition coefficient (Wildman–Crippen LogP) is 2.51. The molecule has 0 unspecified atom stereocenters. The van der Waals surface area contributed by atoms with Gasteiger partial charge in [0, 0.05) is 52.0 Å². The molecule has 0 amide bonds. The summed E-state index contributed by atoms with van der Waals surface area (Å²) in [6.07, 6.45) is 5.35. The van der Waals surface area contributed by atoms with E-state index in [0.29, 0.717) is 0 Å². The van der Waals surface area contributed by atoms with Crippen LogP contribution in [0.25, 0.3) is 0 Å². The highest BCUT2D eigenvalue weighted by Gasteiger charge is 2.39. The standard InChI is InChI=1S/C20H28N4/c1-2-24-12-18(10-21-24)8-9-22-13-19-15-23(16-20(19)14-22)11-17-6-4-3-5-7-17/h3-7,10,12,19-20H,2,8-9,11,13-16H2,1H3/t19-,20+. The molecule has 0 radical (unpaired) electrons. The van der Waals surface area contributed by atoms with Crippen LogP contribution in [-0.2, 0) is 19.5 Å². The van der Waals surface area contributed by atoms with Gasteiger partial charge in [0.25, 0.3) is 0 Å². The van der Waals surface area contributed by atoms with Gasteiger partial charge >= 0.3 is 0 Å². The van der Waals surface area contributed by atoms with Gasteiger partial charge in [-0.1, -0.05) is 30.3 Å². The molecule has 4 heteroatoms. The van der Waals surface area contributed by atoms with Gasteiger partial charge in [-0.15, -0.1) is 0 Å². The van der Waals surface area contributed by atoms with Crippen molar-refractivity contribution in [3.63, 3.8) is 0 Å². The van der Waals surface area contributed by atoms with E-state index in [0.717, 1.165) is 31.3 Å². The van der Waals surface area contributed by atoms with E-state index in [1.54, 1.807) is 0 Å². The summed E-state index contributed by atoms with van der Waals surface area (Å²) in [5.41, 5.74) is 2.82. The van der Waals surface area contributed by atoms with E-state index in [2.05, 4.69) is 58.4 Å². The monoisotopic (exact) mass is 324 g/mol. The zero-order chi connectivity index (χ0) is 16.4. The van der Waals surface area contributed by atoms with Crippen molar-refractivity contribution >= 4 is 0 Å². The molecular formula is C20H28N4. The fourth-order valence-corrected chi connectivity index (χ4v) is 4.34. The fraction of sp³-hybridized carbons (Fsp3) is 0.550. The maximum Gasteiger partial charge on any atom is 0.0522 e. The van der Waals surface area contributed by atoms with Crippen LogP contribution in [0, 0.1) is 11.8 Å². The number of aryl methyl sites for hydroxylation is 1. The van der Waals surface area contributed by atoms with Crippen LogP contribution in [0.5, 0.6) is 0 Å². The first kappa shape index (κ1) is 15.9. The van der Waals surface area contributed by atoms with E-state index in [1.165, 1.54) is 43.9 Å². The van der Waals surface area contributed by atoms with E-state index in [9.17, 15) is 0 Å². The van der Waals surface area contributed by atoms with Gasteiger partial charge in [0.2, 0.25) is 0 Å². The summed E-state index contributed by atoms with van der Waals surface area (Å²) in [4.78, 5) is 5.31. The Hall–Kier alpha value is -1.65.